The van der Waals surface area contributed by atoms with Crippen LogP contribution in [0.3, 0.4) is 0 Å². The first-order chi connectivity index (χ1) is 27.5. The van der Waals surface area contributed by atoms with E-state index in [0.29, 0.717) is 0 Å². The highest BCUT2D eigenvalue weighted by Gasteiger charge is 2.36. The molecule has 0 atom stereocenters. The van der Waals surface area contributed by atoms with Crippen LogP contribution >= 0.6 is 0 Å². The van der Waals surface area contributed by atoms with Gasteiger partial charge >= 0.3 is 0 Å². The van der Waals surface area contributed by atoms with Crippen molar-refractivity contribution in [3.8, 4) is 33.4 Å². The van der Waals surface area contributed by atoms with E-state index in [1.807, 2.05) is 0 Å². The number of aromatic nitrogens is 2. The molecular weight excluding hydrogens is 683 g/mol. The van der Waals surface area contributed by atoms with Crippen molar-refractivity contribution < 1.29 is 4.42 Å². The van der Waals surface area contributed by atoms with E-state index < -0.39 is 0 Å². The normalized spacial score (nSPS) is 13.3. The minimum Gasteiger partial charge on any atom is -0.443 e. The first-order valence-corrected chi connectivity index (χ1v) is 19.3. The van der Waals surface area contributed by atoms with Crippen LogP contribution in [0.25, 0.3) is 82.6 Å². The molecule has 0 amide bonds. The van der Waals surface area contributed by atoms with Crippen molar-refractivity contribution in [1.29, 1.82) is 0 Å². The minimum atomic E-state index is -0.143. The molecule has 1 aliphatic carbocycles. The molecule has 8 aromatic carbocycles. The lowest BCUT2D eigenvalue weighted by molar-refractivity contribution is 0.605. The van der Waals surface area contributed by atoms with E-state index in [0.717, 1.165) is 39.1 Å². The van der Waals surface area contributed by atoms with Crippen molar-refractivity contribution in [2.45, 2.75) is 19.3 Å². The van der Waals surface area contributed by atoms with Gasteiger partial charge in [0.05, 0.1) is 21.9 Å². The lowest BCUT2D eigenvalue weighted by Crippen LogP contribution is -2.16. The Morgan fingerprint density at radius 3 is 1.93 bits per heavy atom. The summed E-state index contributed by atoms with van der Waals surface area (Å²) in [5.41, 5.74) is 18.4. The van der Waals surface area contributed by atoms with Crippen LogP contribution in [0.1, 0.15) is 25.0 Å². The summed E-state index contributed by atoms with van der Waals surface area (Å²) in [7, 11) is 0. The van der Waals surface area contributed by atoms with E-state index in [-0.39, 0.29) is 5.41 Å². The summed E-state index contributed by atoms with van der Waals surface area (Å²) in [6.07, 6.45) is 1.57. The van der Waals surface area contributed by atoms with Gasteiger partial charge in [0.2, 0.25) is 0 Å². The Bertz CT molecular complexity index is 3280. The second-order valence-electron chi connectivity index (χ2n) is 15.6. The molecule has 0 saturated heterocycles. The summed E-state index contributed by atoms with van der Waals surface area (Å²) < 4.78 is 8.46. The topological polar surface area (TPSA) is 33.7 Å². The average molecular weight is 718 g/mol. The van der Waals surface area contributed by atoms with Gasteiger partial charge in [0.1, 0.15) is 5.52 Å². The fourth-order valence-electron chi connectivity index (χ4n) is 9.62. The average Bonchev–Trinajstić information content (AvgIpc) is 4.00. The standard InChI is InChI=1S/C52H35N3O/c1-52(2)44-19-11-9-17-39(44)40-23-21-37(29-45(40)52)54(38-26-34(32-13-5-3-6-14-32)25-35(27-38)33-15-7-4-8-16-33)36-22-24-48-42(28-36)43-30-46-51(56-31-53-46)49-41-18-10-12-20-47(41)55(48)50(43)49/h3-31H,1-2H3. The summed E-state index contributed by atoms with van der Waals surface area (Å²) in [6.45, 7) is 4.71. The van der Waals surface area contributed by atoms with E-state index >= 15 is 0 Å². The van der Waals surface area contributed by atoms with Crippen LogP contribution in [0.15, 0.2) is 181 Å². The van der Waals surface area contributed by atoms with Gasteiger partial charge in [-0.2, -0.15) is 0 Å². The van der Waals surface area contributed by atoms with Crippen molar-refractivity contribution in [2.24, 2.45) is 0 Å². The fourth-order valence-corrected chi connectivity index (χ4v) is 9.62. The minimum absolute atomic E-state index is 0.143. The Balaban J connectivity index is 1.15. The van der Waals surface area contributed by atoms with E-state index in [1.165, 1.54) is 71.7 Å². The first kappa shape index (κ1) is 31.2. The second kappa shape index (κ2) is 11.4. The van der Waals surface area contributed by atoms with Gasteiger partial charge in [0, 0.05) is 38.6 Å². The van der Waals surface area contributed by atoms with Crippen molar-refractivity contribution in [2.75, 3.05) is 4.90 Å². The third-order valence-corrected chi connectivity index (χ3v) is 12.2. The summed E-state index contributed by atoms with van der Waals surface area (Å²) in [4.78, 5) is 7.12. The largest absolute Gasteiger partial charge is 0.443 e. The Morgan fingerprint density at radius 1 is 0.500 bits per heavy atom. The number of fused-ring (bicyclic) bond motifs is 11. The van der Waals surface area contributed by atoms with Gasteiger partial charge in [-0.3, -0.25) is 0 Å². The zero-order chi connectivity index (χ0) is 37.1. The predicted octanol–water partition coefficient (Wildman–Crippen LogP) is 14.1. The molecule has 0 aliphatic heterocycles. The van der Waals surface area contributed by atoms with Gasteiger partial charge < -0.3 is 13.7 Å². The SMILES string of the molecule is CC1(C)c2ccccc2-c2ccc(N(c3cc(-c4ccccc4)cc(-c4ccccc4)c3)c3ccc4c(c3)c3cc5ncoc5c5c6ccccc6n4c35)cc21. The number of para-hydroxylation sites is 1. The van der Waals surface area contributed by atoms with E-state index in [1.54, 1.807) is 6.39 Å². The quantitative estimate of drug-likeness (QED) is 0.178. The molecule has 56 heavy (non-hydrogen) atoms. The van der Waals surface area contributed by atoms with Crippen LogP contribution in [-0.2, 0) is 5.41 Å². The zero-order valence-electron chi connectivity index (χ0n) is 31.0. The van der Waals surface area contributed by atoms with Gasteiger partial charge in [0.15, 0.2) is 12.0 Å². The molecule has 0 N–H and O–H groups in total. The third kappa shape index (κ3) is 4.32. The maximum absolute atomic E-state index is 6.05. The number of hydrogen-bond acceptors (Lipinski definition) is 3. The van der Waals surface area contributed by atoms with Crippen LogP contribution in [0, 0.1) is 0 Å². The Morgan fingerprint density at radius 2 is 1.14 bits per heavy atom. The summed E-state index contributed by atoms with van der Waals surface area (Å²) in [5.74, 6) is 0. The van der Waals surface area contributed by atoms with Crippen LogP contribution in [0.5, 0.6) is 0 Å². The Hall–Kier alpha value is -7.17. The summed E-state index contributed by atoms with van der Waals surface area (Å²) in [5, 5.41) is 4.64. The third-order valence-electron chi connectivity index (χ3n) is 12.2. The summed E-state index contributed by atoms with van der Waals surface area (Å²) in [6, 6.07) is 62.2. The molecule has 0 fully saturated rings. The zero-order valence-corrected chi connectivity index (χ0v) is 31.0. The second-order valence-corrected chi connectivity index (χ2v) is 15.6. The van der Waals surface area contributed by atoms with Crippen molar-refractivity contribution >= 4 is 66.3 Å². The fraction of sp³-hybridized carbons (Fsp3) is 0.0577. The van der Waals surface area contributed by atoms with Crippen LogP contribution < -0.4 is 4.90 Å². The number of anilines is 3. The summed E-state index contributed by atoms with van der Waals surface area (Å²) >= 11 is 0. The highest BCUT2D eigenvalue weighted by atomic mass is 16.3. The maximum atomic E-state index is 6.05. The highest BCUT2D eigenvalue weighted by molar-refractivity contribution is 6.30. The van der Waals surface area contributed by atoms with Gasteiger partial charge in [-0.15, -0.1) is 0 Å². The lowest BCUT2D eigenvalue weighted by atomic mass is 9.82. The van der Waals surface area contributed by atoms with Gasteiger partial charge in [-0.05, 0) is 105 Å². The van der Waals surface area contributed by atoms with Gasteiger partial charge in [0.25, 0.3) is 0 Å². The molecule has 11 aromatic rings. The van der Waals surface area contributed by atoms with E-state index in [4.69, 9.17) is 4.42 Å². The van der Waals surface area contributed by atoms with Gasteiger partial charge in [-0.1, -0.05) is 123 Å². The molecule has 3 aromatic heterocycles. The number of benzene rings is 8. The van der Waals surface area contributed by atoms with Crippen molar-refractivity contribution in [3.63, 3.8) is 0 Å². The van der Waals surface area contributed by atoms with Crippen LogP contribution in [0.4, 0.5) is 17.1 Å². The molecule has 0 radical (unpaired) electrons. The van der Waals surface area contributed by atoms with Crippen molar-refractivity contribution in [3.05, 3.63) is 187 Å². The molecule has 264 valence electrons. The number of oxazole rings is 1. The number of hydrogen-bond donors (Lipinski definition) is 0. The maximum Gasteiger partial charge on any atom is 0.182 e. The Kier molecular flexibility index (Phi) is 6.37. The molecular formula is C52H35N3O. The predicted molar refractivity (Wildman–Crippen MR) is 232 cm³/mol. The molecule has 0 unspecified atom stereocenters. The first-order valence-electron chi connectivity index (χ1n) is 19.3. The highest BCUT2D eigenvalue weighted by Crippen LogP contribution is 2.52. The molecule has 12 rings (SSSR count). The lowest BCUT2D eigenvalue weighted by Gasteiger charge is -2.29. The smallest absolute Gasteiger partial charge is 0.182 e. The van der Waals surface area contributed by atoms with Crippen LogP contribution in [0.2, 0.25) is 0 Å². The molecule has 4 heteroatoms. The molecule has 0 spiro atoms. The van der Waals surface area contributed by atoms with Gasteiger partial charge in [-0.25, -0.2) is 4.98 Å². The monoisotopic (exact) mass is 717 g/mol. The van der Waals surface area contributed by atoms with Crippen LogP contribution in [-0.4, -0.2) is 9.38 Å². The Labute approximate surface area is 323 Å². The van der Waals surface area contributed by atoms with E-state index in [2.05, 4.69) is 198 Å². The van der Waals surface area contributed by atoms with Crippen molar-refractivity contribution in [1.82, 2.24) is 9.38 Å². The number of nitrogens with zero attached hydrogens (tertiary/aromatic N) is 3. The van der Waals surface area contributed by atoms with E-state index in [9.17, 15) is 0 Å². The number of rotatable bonds is 5. The molecule has 4 nitrogen and oxygen atoms in total. The molecule has 0 saturated carbocycles. The molecule has 3 heterocycles. The molecule has 1 aliphatic rings. The molecule has 0 bridgehead atoms.